The number of carbonyl (C=O) groups is 1. The minimum atomic E-state index is -0.00755. The van der Waals surface area contributed by atoms with Gasteiger partial charge in [0.05, 0.1) is 0 Å². The van der Waals surface area contributed by atoms with Gasteiger partial charge in [0, 0.05) is 38.9 Å². The lowest BCUT2D eigenvalue weighted by atomic mass is 10.3. The molecule has 7 nitrogen and oxygen atoms in total. The number of piperazine rings is 1. The first kappa shape index (κ1) is 16.6. The Morgan fingerprint density at radius 1 is 1.32 bits per heavy atom. The molecule has 1 amide bonds. The molecule has 0 atom stereocenters. The highest BCUT2D eigenvalue weighted by Gasteiger charge is 2.21. The van der Waals surface area contributed by atoms with E-state index in [1.54, 1.807) is 12.3 Å². The minimum absolute atomic E-state index is 0.00755. The Kier molecular flexibility index (Phi) is 6.09. The fraction of sp³-hybridized carbons (Fsp3) is 0.667. The van der Waals surface area contributed by atoms with Crippen molar-refractivity contribution in [1.82, 2.24) is 24.7 Å². The van der Waals surface area contributed by atoms with Crippen molar-refractivity contribution in [1.29, 1.82) is 0 Å². The number of carbonyl (C=O) groups excluding carboxylic acids is 1. The predicted molar refractivity (Wildman–Crippen MR) is 87.1 cm³/mol. The van der Waals surface area contributed by atoms with Gasteiger partial charge < -0.3 is 20.0 Å². The van der Waals surface area contributed by atoms with Crippen LogP contribution in [-0.2, 0) is 0 Å². The third-order valence-corrected chi connectivity index (χ3v) is 3.73. The van der Waals surface area contributed by atoms with E-state index in [0.29, 0.717) is 11.6 Å². The summed E-state index contributed by atoms with van der Waals surface area (Å²) in [6.45, 7) is 5.13. The summed E-state index contributed by atoms with van der Waals surface area (Å²) in [5.74, 6) is 0.519. The number of aromatic nitrogens is 2. The Morgan fingerprint density at radius 3 is 2.73 bits per heavy atom. The topological polar surface area (TPSA) is 64.6 Å². The summed E-state index contributed by atoms with van der Waals surface area (Å²) in [6, 6.07) is 1.69. The molecule has 122 valence electrons. The highest BCUT2D eigenvalue weighted by atomic mass is 16.2. The molecule has 1 fully saturated rings. The molecule has 0 unspecified atom stereocenters. The summed E-state index contributed by atoms with van der Waals surface area (Å²) in [7, 11) is 6.17. The molecule has 22 heavy (non-hydrogen) atoms. The van der Waals surface area contributed by atoms with E-state index in [9.17, 15) is 4.79 Å². The van der Waals surface area contributed by atoms with E-state index >= 15 is 0 Å². The first-order valence-corrected chi connectivity index (χ1v) is 7.76. The van der Waals surface area contributed by atoms with Crippen molar-refractivity contribution in [3.63, 3.8) is 0 Å². The van der Waals surface area contributed by atoms with Gasteiger partial charge in [-0.2, -0.15) is 0 Å². The quantitative estimate of drug-likeness (QED) is 0.759. The van der Waals surface area contributed by atoms with Crippen LogP contribution in [0.1, 0.15) is 16.9 Å². The van der Waals surface area contributed by atoms with Crippen molar-refractivity contribution in [3.05, 3.63) is 18.0 Å². The zero-order valence-electron chi connectivity index (χ0n) is 13.7. The van der Waals surface area contributed by atoms with Crippen LogP contribution in [0.3, 0.4) is 0 Å². The number of nitrogens with zero attached hydrogens (tertiary/aromatic N) is 5. The molecule has 0 saturated carbocycles. The Labute approximate surface area is 132 Å². The van der Waals surface area contributed by atoms with Gasteiger partial charge in [0.1, 0.15) is 5.69 Å². The molecule has 0 radical (unpaired) electrons. The first-order chi connectivity index (χ1) is 10.6. The molecule has 0 aromatic carbocycles. The average Bonchev–Trinajstić information content (AvgIpc) is 2.52. The summed E-state index contributed by atoms with van der Waals surface area (Å²) in [6.07, 6.45) is 2.65. The highest BCUT2D eigenvalue weighted by molar-refractivity contribution is 5.92. The maximum atomic E-state index is 12.5. The summed E-state index contributed by atoms with van der Waals surface area (Å²) in [5.41, 5.74) is 0.467. The van der Waals surface area contributed by atoms with Gasteiger partial charge >= 0.3 is 0 Å². The number of hydrogen-bond donors (Lipinski definition) is 1. The second-order valence-electron chi connectivity index (χ2n) is 5.94. The van der Waals surface area contributed by atoms with Gasteiger partial charge in [-0.1, -0.05) is 0 Å². The molecule has 2 heterocycles. The van der Waals surface area contributed by atoms with Gasteiger partial charge in [0.25, 0.3) is 5.91 Å². The smallest absolute Gasteiger partial charge is 0.272 e. The van der Waals surface area contributed by atoms with Crippen LogP contribution in [0.5, 0.6) is 0 Å². The van der Waals surface area contributed by atoms with E-state index in [0.717, 1.165) is 45.7 Å². The monoisotopic (exact) mass is 306 g/mol. The molecular weight excluding hydrogens is 280 g/mol. The van der Waals surface area contributed by atoms with Crippen LogP contribution in [0.4, 0.5) is 5.95 Å². The maximum absolute atomic E-state index is 12.5. The lowest BCUT2D eigenvalue weighted by molar-refractivity contribution is 0.0658. The summed E-state index contributed by atoms with van der Waals surface area (Å²) >= 11 is 0. The third-order valence-electron chi connectivity index (χ3n) is 3.73. The van der Waals surface area contributed by atoms with Crippen molar-refractivity contribution < 1.29 is 4.79 Å². The first-order valence-electron chi connectivity index (χ1n) is 7.76. The Bertz CT molecular complexity index is 485. The van der Waals surface area contributed by atoms with Gasteiger partial charge in [0.2, 0.25) is 5.95 Å². The molecule has 2 rings (SSSR count). The van der Waals surface area contributed by atoms with Gasteiger partial charge in [-0.25, -0.2) is 9.97 Å². The molecule has 0 bridgehead atoms. The second kappa shape index (κ2) is 8.05. The number of nitrogens with one attached hydrogen (secondary N) is 1. The molecule has 1 N–H and O–H groups in total. The van der Waals surface area contributed by atoms with Crippen LogP contribution in [0.15, 0.2) is 12.3 Å². The SMILES string of the molecule is CN(C)CCCNc1nccc(C(=O)N2CCN(C)CC2)n1. The molecule has 1 saturated heterocycles. The van der Waals surface area contributed by atoms with E-state index in [-0.39, 0.29) is 5.91 Å². The summed E-state index contributed by atoms with van der Waals surface area (Å²) in [5, 5.41) is 3.18. The van der Waals surface area contributed by atoms with Crippen LogP contribution >= 0.6 is 0 Å². The molecule has 1 aliphatic heterocycles. The number of anilines is 1. The van der Waals surface area contributed by atoms with Crippen LogP contribution in [0, 0.1) is 0 Å². The van der Waals surface area contributed by atoms with E-state index < -0.39 is 0 Å². The van der Waals surface area contributed by atoms with Crippen molar-refractivity contribution in [2.75, 3.05) is 65.7 Å². The fourth-order valence-electron chi connectivity index (χ4n) is 2.33. The molecule has 1 aliphatic rings. The Morgan fingerprint density at radius 2 is 2.05 bits per heavy atom. The van der Waals surface area contributed by atoms with Gasteiger partial charge in [-0.3, -0.25) is 4.79 Å². The fourth-order valence-corrected chi connectivity index (χ4v) is 2.33. The Balaban J connectivity index is 1.88. The zero-order valence-corrected chi connectivity index (χ0v) is 13.7. The van der Waals surface area contributed by atoms with Gasteiger partial charge in [-0.05, 0) is 40.2 Å². The third kappa shape index (κ3) is 4.92. The number of amides is 1. The molecule has 0 spiro atoms. The molecule has 7 heteroatoms. The van der Waals surface area contributed by atoms with Gasteiger partial charge in [-0.15, -0.1) is 0 Å². The number of likely N-dealkylation sites (N-methyl/N-ethyl adjacent to an activating group) is 1. The summed E-state index contributed by atoms with van der Waals surface area (Å²) in [4.78, 5) is 27.2. The average molecular weight is 306 g/mol. The standard InChI is InChI=1S/C15H26N6O/c1-19(2)8-4-6-16-15-17-7-5-13(18-15)14(22)21-11-9-20(3)10-12-21/h5,7H,4,6,8-12H2,1-3H3,(H,16,17,18). The van der Waals surface area contributed by atoms with E-state index in [4.69, 9.17) is 0 Å². The maximum Gasteiger partial charge on any atom is 0.272 e. The molecule has 1 aromatic rings. The second-order valence-corrected chi connectivity index (χ2v) is 5.94. The van der Waals surface area contributed by atoms with Crippen molar-refractivity contribution in [3.8, 4) is 0 Å². The van der Waals surface area contributed by atoms with Crippen molar-refractivity contribution >= 4 is 11.9 Å². The Hall–Kier alpha value is -1.73. The summed E-state index contributed by atoms with van der Waals surface area (Å²) < 4.78 is 0. The minimum Gasteiger partial charge on any atom is -0.354 e. The lowest BCUT2D eigenvalue weighted by Gasteiger charge is -2.32. The predicted octanol–water partition coefficient (Wildman–Crippen LogP) is 0.228. The largest absolute Gasteiger partial charge is 0.354 e. The van der Waals surface area contributed by atoms with E-state index in [2.05, 4.69) is 32.1 Å². The van der Waals surface area contributed by atoms with Crippen molar-refractivity contribution in [2.24, 2.45) is 0 Å². The van der Waals surface area contributed by atoms with Crippen molar-refractivity contribution in [2.45, 2.75) is 6.42 Å². The van der Waals surface area contributed by atoms with Crippen LogP contribution < -0.4 is 5.32 Å². The number of hydrogen-bond acceptors (Lipinski definition) is 6. The number of rotatable bonds is 6. The zero-order chi connectivity index (χ0) is 15.9. The van der Waals surface area contributed by atoms with Crippen LogP contribution in [0.2, 0.25) is 0 Å². The molecule has 0 aliphatic carbocycles. The van der Waals surface area contributed by atoms with E-state index in [1.165, 1.54) is 0 Å². The lowest BCUT2D eigenvalue weighted by Crippen LogP contribution is -2.47. The van der Waals surface area contributed by atoms with Crippen LogP contribution in [0.25, 0.3) is 0 Å². The normalized spacial score (nSPS) is 16.1. The molecule has 1 aromatic heterocycles. The molecular formula is C15H26N6O. The highest BCUT2D eigenvalue weighted by Crippen LogP contribution is 2.07. The van der Waals surface area contributed by atoms with E-state index in [1.807, 2.05) is 19.0 Å². The van der Waals surface area contributed by atoms with Crippen LogP contribution in [-0.4, -0.2) is 91.0 Å². The van der Waals surface area contributed by atoms with Gasteiger partial charge in [0.15, 0.2) is 0 Å².